The second kappa shape index (κ2) is 19.8. The minimum Gasteiger partial charge on any atom is -0.426 e. The number of carbonyl (C=O) groups excluding carboxylic acids is 2. The Morgan fingerprint density at radius 1 is 0.562 bits per heavy atom. The highest BCUT2D eigenvalue weighted by Gasteiger charge is 2.09. The SMILES string of the molecule is CCCCCCCCCCC(=O)Oc1cccc(OC(=O)CCCCCCCCCC)c1. The van der Waals surface area contributed by atoms with Crippen LogP contribution in [0.3, 0.4) is 0 Å². The number of carbonyl (C=O) groups is 2. The fraction of sp³-hybridized carbons (Fsp3) is 0.714. The summed E-state index contributed by atoms with van der Waals surface area (Å²) < 4.78 is 10.8. The first kappa shape index (κ1) is 28.2. The molecule has 0 unspecified atom stereocenters. The molecule has 0 atom stereocenters. The molecule has 0 heterocycles. The molecule has 1 aromatic carbocycles. The summed E-state index contributed by atoms with van der Waals surface area (Å²) >= 11 is 0. The number of benzene rings is 1. The van der Waals surface area contributed by atoms with E-state index < -0.39 is 0 Å². The van der Waals surface area contributed by atoms with Gasteiger partial charge in [-0.2, -0.15) is 0 Å². The van der Waals surface area contributed by atoms with Crippen molar-refractivity contribution in [3.63, 3.8) is 0 Å². The molecule has 0 aliphatic rings. The van der Waals surface area contributed by atoms with Crippen molar-refractivity contribution in [3.8, 4) is 11.5 Å². The van der Waals surface area contributed by atoms with Crippen molar-refractivity contribution >= 4 is 11.9 Å². The minimum atomic E-state index is -0.224. The molecular weight excluding hydrogens is 400 g/mol. The normalized spacial score (nSPS) is 10.8. The fourth-order valence-corrected chi connectivity index (χ4v) is 3.77. The van der Waals surface area contributed by atoms with Crippen molar-refractivity contribution in [2.24, 2.45) is 0 Å². The van der Waals surface area contributed by atoms with Gasteiger partial charge in [-0.05, 0) is 25.0 Å². The Balaban J connectivity index is 2.16. The Morgan fingerprint density at radius 2 is 0.906 bits per heavy atom. The Kier molecular flexibility index (Phi) is 17.5. The van der Waals surface area contributed by atoms with Crippen molar-refractivity contribution in [1.82, 2.24) is 0 Å². The molecule has 4 nitrogen and oxygen atoms in total. The van der Waals surface area contributed by atoms with Crippen molar-refractivity contribution < 1.29 is 19.1 Å². The first-order valence-electron chi connectivity index (χ1n) is 13.2. The summed E-state index contributed by atoms with van der Waals surface area (Å²) in [5.74, 6) is 0.427. The molecule has 0 saturated carbocycles. The molecule has 0 amide bonds. The third-order valence-corrected chi connectivity index (χ3v) is 5.74. The van der Waals surface area contributed by atoms with E-state index in [-0.39, 0.29) is 11.9 Å². The van der Waals surface area contributed by atoms with Crippen molar-refractivity contribution in [2.45, 2.75) is 129 Å². The second-order valence-corrected chi connectivity index (χ2v) is 8.87. The molecule has 4 heteroatoms. The second-order valence-electron chi connectivity index (χ2n) is 8.87. The lowest BCUT2D eigenvalue weighted by Gasteiger charge is -2.08. The average molecular weight is 447 g/mol. The topological polar surface area (TPSA) is 52.6 Å². The maximum absolute atomic E-state index is 12.1. The van der Waals surface area contributed by atoms with Crippen LogP contribution in [0, 0.1) is 0 Å². The lowest BCUT2D eigenvalue weighted by Crippen LogP contribution is -2.09. The number of rotatable bonds is 20. The quantitative estimate of drug-likeness (QED) is 0.114. The van der Waals surface area contributed by atoms with E-state index in [1.807, 2.05) is 0 Å². The zero-order chi connectivity index (χ0) is 23.3. The van der Waals surface area contributed by atoms with Crippen molar-refractivity contribution in [1.29, 1.82) is 0 Å². The summed E-state index contributed by atoms with van der Waals surface area (Å²) in [6.07, 6.45) is 20.0. The third kappa shape index (κ3) is 15.9. The molecular formula is C28H46O4. The van der Waals surface area contributed by atoms with Gasteiger partial charge in [0.15, 0.2) is 0 Å². The van der Waals surface area contributed by atoms with Gasteiger partial charge in [-0.1, -0.05) is 110 Å². The van der Waals surface area contributed by atoms with Crippen molar-refractivity contribution in [2.75, 3.05) is 0 Å². The van der Waals surface area contributed by atoms with Crippen LogP contribution in [0.25, 0.3) is 0 Å². The average Bonchev–Trinajstić information content (AvgIpc) is 2.77. The number of esters is 2. The minimum absolute atomic E-state index is 0.224. The van der Waals surface area contributed by atoms with Gasteiger partial charge in [0, 0.05) is 18.9 Å². The first-order valence-corrected chi connectivity index (χ1v) is 13.2. The first-order chi connectivity index (χ1) is 15.7. The van der Waals surface area contributed by atoms with Crippen LogP contribution >= 0.6 is 0 Å². The largest absolute Gasteiger partial charge is 0.426 e. The lowest BCUT2D eigenvalue weighted by molar-refractivity contribution is -0.135. The Hall–Kier alpha value is -1.84. The number of hydrogen-bond donors (Lipinski definition) is 0. The van der Waals surface area contributed by atoms with Crippen molar-refractivity contribution in [3.05, 3.63) is 24.3 Å². The standard InChI is InChI=1S/C28H46O4/c1-3-5-7-9-11-13-15-17-22-27(29)31-25-20-19-21-26(24-25)32-28(30)23-18-16-14-12-10-8-6-4-2/h19-21,24H,3-18,22-23H2,1-2H3. The molecule has 0 aliphatic heterocycles. The molecule has 0 bridgehead atoms. The summed E-state index contributed by atoms with van der Waals surface area (Å²) in [5, 5.41) is 0. The van der Waals surface area contributed by atoms with Gasteiger partial charge in [-0.25, -0.2) is 0 Å². The molecule has 0 fully saturated rings. The fourth-order valence-electron chi connectivity index (χ4n) is 3.77. The molecule has 0 spiro atoms. The van der Waals surface area contributed by atoms with E-state index in [0.717, 1.165) is 25.7 Å². The van der Waals surface area contributed by atoms with Crippen LogP contribution in [0.2, 0.25) is 0 Å². The number of hydrogen-bond acceptors (Lipinski definition) is 4. The molecule has 0 radical (unpaired) electrons. The summed E-state index contributed by atoms with van der Waals surface area (Å²) in [7, 11) is 0. The van der Waals surface area contributed by atoms with E-state index in [1.165, 1.54) is 77.0 Å². The predicted octanol–water partition coefficient (Wildman–Crippen LogP) is 8.56. The maximum Gasteiger partial charge on any atom is 0.311 e. The van der Waals surface area contributed by atoms with E-state index in [2.05, 4.69) is 13.8 Å². The molecule has 32 heavy (non-hydrogen) atoms. The van der Waals surface area contributed by atoms with Gasteiger partial charge >= 0.3 is 11.9 Å². The molecule has 0 N–H and O–H groups in total. The summed E-state index contributed by atoms with van der Waals surface area (Å²) in [6.45, 7) is 4.45. The van der Waals surface area contributed by atoms with Crippen LogP contribution in [0.5, 0.6) is 11.5 Å². The van der Waals surface area contributed by atoms with Gasteiger partial charge < -0.3 is 9.47 Å². The highest BCUT2D eigenvalue weighted by atomic mass is 16.5. The van der Waals surface area contributed by atoms with E-state index in [9.17, 15) is 9.59 Å². The zero-order valence-electron chi connectivity index (χ0n) is 20.7. The Bertz CT molecular complexity index is 562. The highest BCUT2D eigenvalue weighted by Crippen LogP contribution is 2.21. The van der Waals surface area contributed by atoms with Crippen LogP contribution in [-0.4, -0.2) is 11.9 Å². The van der Waals surface area contributed by atoms with Gasteiger partial charge in [0.05, 0.1) is 0 Å². The Labute approximate surface area is 196 Å². The predicted molar refractivity (Wildman–Crippen MR) is 132 cm³/mol. The van der Waals surface area contributed by atoms with Crippen LogP contribution < -0.4 is 9.47 Å². The maximum atomic E-state index is 12.1. The lowest BCUT2D eigenvalue weighted by atomic mass is 10.1. The van der Waals surface area contributed by atoms with E-state index in [1.54, 1.807) is 24.3 Å². The zero-order valence-corrected chi connectivity index (χ0v) is 20.7. The van der Waals surface area contributed by atoms with E-state index >= 15 is 0 Å². The number of ether oxygens (including phenoxy) is 2. The highest BCUT2D eigenvalue weighted by molar-refractivity contribution is 5.74. The summed E-state index contributed by atoms with van der Waals surface area (Å²) in [6, 6.07) is 6.82. The molecule has 0 aliphatic carbocycles. The number of unbranched alkanes of at least 4 members (excludes halogenated alkanes) is 14. The molecule has 0 aromatic heterocycles. The van der Waals surface area contributed by atoms with Gasteiger partial charge in [0.25, 0.3) is 0 Å². The summed E-state index contributed by atoms with van der Waals surface area (Å²) in [5.41, 5.74) is 0. The van der Waals surface area contributed by atoms with Gasteiger partial charge in [-0.15, -0.1) is 0 Å². The van der Waals surface area contributed by atoms with E-state index in [4.69, 9.17) is 9.47 Å². The molecule has 182 valence electrons. The van der Waals surface area contributed by atoms with Gasteiger partial charge in [-0.3, -0.25) is 9.59 Å². The molecule has 0 saturated heterocycles. The summed E-state index contributed by atoms with van der Waals surface area (Å²) in [4.78, 5) is 24.2. The smallest absolute Gasteiger partial charge is 0.311 e. The van der Waals surface area contributed by atoms with Gasteiger partial charge in [0.1, 0.15) is 11.5 Å². The molecule has 1 aromatic rings. The third-order valence-electron chi connectivity index (χ3n) is 5.74. The van der Waals surface area contributed by atoms with E-state index in [0.29, 0.717) is 24.3 Å². The van der Waals surface area contributed by atoms with Crippen LogP contribution in [0.1, 0.15) is 129 Å². The monoisotopic (exact) mass is 446 g/mol. The van der Waals surface area contributed by atoms with Crippen LogP contribution in [-0.2, 0) is 9.59 Å². The Morgan fingerprint density at radius 3 is 1.28 bits per heavy atom. The van der Waals surface area contributed by atoms with Crippen LogP contribution in [0.15, 0.2) is 24.3 Å². The van der Waals surface area contributed by atoms with Crippen LogP contribution in [0.4, 0.5) is 0 Å². The molecule has 1 rings (SSSR count). The van der Waals surface area contributed by atoms with Gasteiger partial charge in [0.2, 0.25) is 0 Å².